The van der Waals surface area contributed by atoms with Gasteiger partial charge in [0.1, 0.15) is 0 Å². The Bertz CT molecular complexity index is 26.0. The van der Waals surface area contributed by atoms with Crippen molar-refractivity contribution in [3.05, 3.63) is 0 Å². The molecule has 0 aliphatic heterocycles. The molecule has 0 fully saturated rings. The van der Waals surface area contributed by atoms with E-state index in [1.807, 2.05) is 13.8 Å². The highest BCUT2D eigenvalue weighted by Crippen LogP contribution is 1.88. The lowest BCUT2D eigenvalue weighted by molar-refractivity contribution is 0.199. The first-order valence-electron chi connectivity index (χ1n) is 5.32. The van der Waals surface area contributed by atoms with E-state index >= 15 is 0 Å². The molecule has 0 saturated carbocycles. The fourth-order valence-corrected chi connectivity index (χ4v) is 0.558. The summed E-state index contributed by atoms with van der Waals surface area (Å²) in [5.74, 6) is 0. The van der Waals surface area contributed by atoms with Gasteiger partial charge in [-0.15, -0.1) is 0 Å². The fraction of sp³-hybridized carbons (Fsp3) is 1.00. The van der Waals surface area contributed by atoms with Crippen molar-refractivity contribution < 1.29 is 4.74 Å². The van der Waals surface area contributed by atoms with Crippen LogP contribution in [0.25, 0.3) is 0 Å². The Hall–Kier alpha value is -0.0400. The summed E-state index contributed by atoms with van der Waals surface area (Å²) in [7, 11) is 1.71. The molecule has 1 nitrogen and oxygen atoms in total. The maximum atomic E-state index is 4.69. The van der Waals surface area contributed by atoms with Crippen LogP contribution in [0.4, 0.5) is 0 Å². The molecule has 0 bridgehead atoms. The molecule has 12 heavy (non-hydrogen) atoms. The molecule has 0 aromatic heterocycles. The van der Waals surface area contributed by atoms with Crippen LogP contribution in [-0.2, 0) is 4.74 Å². The summed E-state index contributed by atoms with van der Waals surface area (Å²) in [5, 5.41) is 0. The molecular weight excluding hydrogens is 148 g/mol. The number of hydrogen-bond donors (Lipinski definition) is 0. The highest BCUT2D eigenvalue weighted by Gasteiger charge is 1.68. The van der Waals surface area contributed by atoms with E-state index in [2.05, 4.69) is 20.8 Å². The van der Waals surface area contributed by atoms with E-state index in [9.17, 15) is 0 Å². The summed E-state index contributed by atoms with van der Waals surface area (Å²) in [4.78, 5) is 0. The minimum atomic E-state index is 0.889. The highest BCUT2D eigenvalue weighted by molar-refractivity contribution is 4.24. The van der Waals surface area contributed by atoms with Crippen molar-refractivity contribution in [2.75, 3.05) is 13.7 Å². The summed E-state index contributed by atoms with van der Waals surface area (Å²) in [6, 6.07) is 0. The molecule has 0 amide bonds. The van der Waals surface area contributed by atoms with Crippen molar-refractivity contribution >= 4 is 0 Å². The molecule has 78 valence electrons. The predicted octanol–water partition coefficient (Wildman–Crippen LogP) is 4.27. The van der Waals surface area contributed by atoms with Crippen molar-refractivity contribution in [2.24, 2.45) is 0 Å². The molecule has 0 unspecified atom stereocenters. The number of methoxy groups -OCH3 is 1. The maximum absolute atomic E-state index is 4.69. The quantitative estimate of drug-likeness (QED) is 0.621. The molecule has 0 atom stereocenters. The van der Waals surface area contributed by atoms with Gasteiger partial charge in [0.05, 0.1) is 0 Å². The van der Waals surface area contributed by atoms with Crippen LogP contribution in [0.15, 0.2) is 0 Å². The molecule has 0 heterocycles. The lowest BCUT2D eigenvalue weighted by Crippen LogP contribution is -1.80. The number of unbranched alkanes of at least 4 members (excludes halogenated alkanes) is 2. The first-order chi connectivity index (χ1) is 5.83. The van der Waals surface area contributed by atoms with Gasteiger partial charge in [-0.1, -0.05) is 53.9 Å². The number of hydrogen-bond acceptors (Lipinski definition) is 1. The predicted molar refractivity (Wildman–Crippen MR) is 58.7 cm³/mol. The van der Waals surface area contributed by atoms with Crippen LogP contribution in [0, 0.1) is 0 Å². The average Bonchev–Trinajstić information content (AvgIpc) is 2.12. The van der Waals surface area contributed by atoms with Crippen molar-refractivity contribution in [2.45, 2.75) is 60.3 Å². The number of ether oxygens (including phenoxy) is 1. The monoisotopic (exact) mass is 176 g/mol. The van der Waals surface area contributed by atoms with Crippen LogP contribution < -0.4 is 0 Å². The minimum absolute atomic E-state index is 0.889. The highest BCUT2D eigenvalue weighted by atomic mass is 16.5. The molecule has 0 aliphatic rings. The van der Waals surface area contributed by atoms with Gasteiger partial charge in [0.25, 0.3) is 0 Å². The Morgan fingerprint density at radius 1 is 0.833 bits per heavy atom. The molecule has 0 N–H and O–H groups in total. The van der Waals surface area contributed by atoms with Gasteiger partial charge in [-0.25, -0.2) is 0 Å². The summed E-state index contributed by atoms with van der Waals surface area (Å²) >= 11 is 0. The molecule has 0 saturated heterocycles. The molecule has 1 heteroatoms. The van der Waals surface area contributed by atoms with Crippen LogP contribution in [0.3, 0.4) is 0 Å². The Kier molecular flexibility index (Phi) is 45.6. The standard InChI is InChI=1S/C5H12.C4H10O.C2H6/c1-3-5-4-2;1-3-4-5-2;1-2/h3-5H2,1-2H3;3-4H2,1-2H3;1-2H3. The first-order valence-corrected chi connectivity index (χ1v) is 5.32. The second kappa shape index (κ2) is 30.6. The van der Waals surface area contributed by atoms with Gasteiger partial charge in [-0.2, -0.15) is 0 Å². The van der Waals surface area contributed by atoms with Crippen LogP contribution in [0.5, 0.6) is 0 Å². The zero-order valence-corrected chi connectivity index (χ0v) is 9.94. The van der Waals surface area contributed by atoms with Gasteiger partial charge >= 0.3 is 0 Å². The minimum Gasteiger partial charge on any atom is -0.385 e. The smallest absolute Gasteiger partial charge is 0.0459 e. The molecule has 0 rings (SSSR count). The molecule has 0 radical (unpaired) electrons. The van der Waals surface area contributed by atoms with Crippen LogP contribution in [0.1, 0.15) is 60.3 Å². The summed E-state index contributed by atoms with van der Waals surface area (Å²) in [5.41, 5.74) is 0. The Labute approximate surface area is 79.5 Å². The largest absolute Gasteiger partial charge is 0.385 e. The van der Waals surface area contributed by atoms with Gasteiger partial charge in [0.2, 0.25) is 0 Å². The normalized spacial score (nSPS) is 7.50. The zero-order valence-electron chi connectivity index (χ0n) is 9.94. The van der Waals surface area contributed by atoms with Gasteiger partial charge in [0, 0.05) is 13.7 Å². The second-order valence-corrected chi connectivity index (χ2v) is 2.35. The zero-order chi connectivity index (χ0) is 10.2. The van der Waals surface area contributed by atoms with E-state index < -0.39 is 0 Å². The molecular formula is C11H28O. The average molecular weight is 176 g/mol. The number of rotatable bonds is 4. The summed E-state index contributed by atoms with van der Waals surface area (Å²) in [6.07, 6.45) is 5.20. The van der Waals surface area contributed by atoms with Gasteiger partial charge in [-0.3, -0.25) is 0 Å². The van der Waals surface area contributed by atoms with Crippen molar-refractivity contribution in [3.63, 3.8) is 0 Å². The SMILES string of the molecule is CC.CCCCC.CCCOC. The van der Waals surface area contributed by atoms with E-state index in [4.69, 9.17) is 4.74 Å². The Morgan fingerprint density at radius 3 is 1.25 bits per heavy atom. The second-order valence-electron chi connectivity index (χ2n) is 2.35. The van der Waals surface area contributed by atoms with E-state index in [-0.39, 0.29) is 0 Å². The van der Waals surface area contributed by atoms with Crippen LogP contribution in [0.2, 0.25) is 0 Å². The Morgan fingerprint density at radius 2 is 1.25 bits per heavy atom. The van der Waals surface area contributed by atoms with Crippen molar-refractivity contribution in [3.8, 4) is 0 Å². The molecule has 0 spiro atoms. The van der Waals surface area contributed by atoms with Gasteiger partial charge < -0.3 is 4.74 Å². The summed E-state index contributed by atoms with van der Waals surface area (Å²) in [6.45, 7) is 11.4. The van der Waals surface area contributed by atoms with Crippen LogP contribution >= 0.6 is 0 Å². The van der Waals surface area contributed by atoms with E-state index in [0.29, 0.717) is 0 Å². The topological polar surface area (TPSA) is 9.23 Å². The third kappa shape index (κ3) is 51.0. The summed E-state index contributed by atoms with van der Waals surface area (Å²) < 4.78 is 4.69. The van der Waals surface area contributed by atoms with Gasteiger partial charge in [0.15, 0.2) is 0 Å². The lowest BCUT2D eigenvalue weighted by Gasteiger charge is -1.84. The molecule has 0 aliphatic carbocycles. The van der Waals surface area contributed by atoms with E-state index in [0.717, 1.165) is 13.0 Å². The molecule has 0 aromatic carbocycles. The third-order valence-corrected chi connectivity index (χ3v) is 1.12. The van der Waals surface area contributed by atoms with Crippen molar-refractivity contribution in [1.82, 2.24) is 0 Å². The third-order valence-electron chi connectivity index (χ3n) is 1.12. The van der Waals surface area contributed by atoms with E-state index in [1.54, 1.807) is 7.11 Å². The van der Waals surface area contributed by atoms with Crippen LogP contribution in [-0.4, -0.2) is 13.7 Å². The van der Waals surface area contributed by atoms with Crippen molar-refractivity contribution in [1.29, 1.82) is 0 Å². The maximum Gasteiger partial charge on any atom is 0.0459 e. The van der Waals surface area contributed by atoms with Gasteiger partial charge in [-0.05, 0) is 6.42 Å². The first kappa shape index (κ1) is 17.9. The lowest BCUT2D eigenvalue weighted by atomic mass is 10.3. The molecule has 0 aromatic rings. The fourth-order valence-electron chi connectivity index (χ4n) is 0.558. The van der Waals surface area contributed by atoms with E-state index in [1.165, 1.54) is 19.3 Å². The Balaban J connectivity index is -0.000000112.